The van der Waals surface area contributed by atoms with Gasteiger partial charge in [0.15, 0.2) is 0 Å². The second kappa shape index (κ2) is 7.97. The van der Waals surface area contributed by atoms with Gasteiger partial charge in [-0.15, -0.1) is 0 Å². The van der Waals surface area contributed by atoms with Gasteiger partial charge in [-0.3, -0.25) is 4.98 Å². The number of pyridine rings is 1. The fourth-order valence-corrected chi connectivity index (χ4v) is 4.86. The molecular formula is C17H6Cl6IN. The van der Waals surface area contributed by atoms with E-state index in [1.165, 1.54) is 0 Å². The predicted molar refractivity (Wildman–Crippen MR) is 118 cm³/mol. The van der Waals surface area contributed by atoms with Crippen LogP contribution in [0, 0.1) is 3.57 Å². The second-order valence-electron chi connectivity index (χ2n) is 5.04. The molecule has 1 nitrogen and oxygen atoms in total. The van der Waals surface area contributed by atoms with Crippen LogP contribution < -0.4 is 0 Å². The lowest BCUT2D eigenvalue weighted by Gasteiger charge is -2.15. The van der Waals surface area contributed by atoms with Crippen LogP contribution in [0.25, 0.3) is 22.4 Å². The molecule has 0 radical (unpaired) electrons. The van der Waals surface area contributed by atoms with Crippen molar-refractivity contribution >= 4 is 92.2 Å². The van der Waals surface area contributed by atoms with E-state index in [0.717, 1.165) is 3.57 Å². The van der Waals surface area contributed by atoms with E-state index in [4.69, 9.17) is 69.6 Å². The number of nitrogens with zero attached hydrogens (tertiary/aromatic N) is 1. The van der Waals surface area contributed by atoms with Gasteiger partial charge in [0.05, 0.1) is 25.8 Å². The molecule has 0 aliphatic carbocycles. The van der Waals surface area contributed by atoms with Crippen molar-refractivity contribution in [3.63, 3.8) is 0 Å². The number of hydrogen-bond acceptors (Lipinski definition) is 1. The van der Waals surface area contributed by atoms with Crippen molar-refractivity contribution in [1.29, 1.82) is 0 Å². The topological polar surface area (TPSA) is 12.9 Å². The Kier molecular flexibility index (Phi) is 6.32. The van der Waals surface area contributed by atoms with E-state index in [0.29, 0.717) is 52.5 Å². The summed E-state index contributed by atoms with van der Waals surface area (Å²) in [5.41, 5.74) is 2.42. The lowest BCUT2D eigenvalue weighted by molar-refractivity contribution is 1.31. The van der Waals surface area contributed by atoms with Gasteiger partial charge >= 0.3 is 0 Å². The molecule has 0 N–H and O–H groups in total. The van der Waals surface area contributed by atoms with E-state index in [-0.39, 0.29) is 0 Å². The lowest BCUT2D eigenvalue weighted by atomic mass is 9.99. The molecule has 1 aromatic heterocycles. The van der Waals surface area contributed by atoms with Gasteiger partial charge in [-0.25, -0.2) is 0 Å². The van der Waals surface area contributed by atoms with Crippen molar-refractivity contribution in [2.75, 3.05) is 0 Å². The molecule has 2 aromatic carbocycles. The summed E-state index contributed by atoms with van der Waals surface area (Å²) in [4.78, 5) is 4.51. The van der Waals surface area contributed by atoms with E-state index < -0.39 is 0 Å². The summed E-state index contributed by atoms with van der Waals surface area (Å²) in [6, 6.07) is 8.38. The molecular weight excluding hydrogens is 558 g/mol. The van der Waals surface area contributed by atoms with Gasteiger partial charge in [0.1, 0.15) is 0 Å². The number of hydrogen-bond donors (Lipinski definition) is 0. The highest BCUT2D eigenvalue weighted by atomic mass is 127. The normalized spacial score (nSPS) is 11.0. The minimum Gasteiger partial charge on any atom is -0.254 e. The number of aromatic nitrogens is 1. The molecule has 25 heavy (non-hydrogen) atoms. The number of rotatable bonds is 2. The maximum absolute atomic E-state index is 6.40. The lowest BCUT2D eigenvalue weighted by Crippen LogP contribution is -1.94. The Bertz CT molecular complexity index is 943. The zero-order valence-corrected chi connectivity index (χ0v) is 18.8. The largest absolute Gasteiger partial charge is 0.254 e. The van der Waals surface area contributed by atoms with E-state index in [1.807, 2.05) is 6.07 Å². The average Bonchev–Trinajstić information content (AvgIpc) is 2.47. The Hall–Kier alpha value is 0.0600. The van der Waals surface area contributed by atoms with Crippen LogP contribution >= 0.6 is 92.2 Å². The summed E-state index contributed by atoms with van der Waals surface area (Å²) in [7, 11) is 0. The first-order chi connectivity index (χ1) is 11.8. The zero-order valence-electron chi connectivity index (χ0n) is 12.1. The third kappa shape index (κ3) is 4.16. The van der Waals surface area contributed by atoms with Crippen LogP contribution in [0.5, 0.6) is 0 Å². The number of halogens is 7. The summed E-state index contributed by atoms with van der Waals surface area (Å²) < 4.78 is 0.902. The number of benzene rings is 2. The molecule has 0 aliphatic rings. The Morgan fingerprint density at radius 3 is 1.56 bits per heavy atom. The average molecular weight is 564 g/mol. The Balaban J connectivity index is 2.37. The van der Waals surface area contributed by atoms with Crippen molar-refractivity contribution in [1.82, 2.24) is 4.98 Å². The molecule has 1 heterocycles. The van der Waals surface area contributed by atoms with E-state index >= 15 is 0 Å². The predicted octanol–water partition coefficient (Wildman–Crippen LogP) is 8.94. The molecule has 0 atom stereocenters. The van der Waals surface area contributed by atoms with Crippen LogP contribution in [-0.4, -0.2) is 4.98 Å². The molecule has 3 aromatic rings. The minimum absolute atomic E-state index is 0.383. The molecule has 0 bridgehead atoms. The van der Waals surface area contributed by atoms with E-state index in [2.05, 4.69) is 27.6 Å². The Labute approximate surface area is 188 Å². The van der Waals surface area contributed by atoms with Crippen molar-refractivity contribution in [3.8, 4) is 22.4 Å². The van der Waals surface area contributed by atoms with Crippen molar-refractivity contribution in [2.24, 2.45) is 0 Å². The fourth-order valence-electron chi connectivity index (χ4n) is 2.40. The van der Waals surface area contributed by atoms with Gasteiger partial charge in [-0.2, -0.15) is 0 Å². The van der Waals surface area contributed by atoms with Crippen LogP contribution in [0.1, 0.15) is 0 Å². The molecule has 0 aliphatic heterocycles. The highest BCUT2D eigenvalue weighted by Gasteiger charge is 2.20. The van der Waals surface area contributed by atoms with Crippen LogP contribution in [0.4, 0.5) is 0 Å². The van der Waals surface area contributed by atoms with Crippen molar-refractivity contribution < 1.29 is 0 Å². The zero-order chi connectivity index (χ0) is 18.3. The van der Waals surface area contributed by atoms with Gasteiger partial charge in [0.25, 0.3) is 0 Å². The van der Waals surface area contributed by atoms with Crippen molar-refractivity contribution in [2.45, 2.75) is 0 Å². The first-order valence-electron chi connectivity index (χ1n) is 6.73. The van der Waals surface area contributed by atoms with Gasteiger partial charge in [-0.1, -0.05) is 69.6 Å². The third-order valence-corrected chi connectivity index (χ3v) is 5.59. The highest BCUT2D eigenvalue weighted by molar-refractivity contribution is 14.1. The van der Waals surface area contributed by atoms with Crippen LogP contribution in [-0.2, 0) is 0 Å². The van der Waals surface area contributed by atoms with Gasteiger partial charge in [0.2, 0.25) is 0 Å². The molecule has 0 saturated carbocycles. The van der Waals surface area contributed by atoms with E-state index in [1.54, 1.807) is 30.5 Å². The molecule has 0 saturated heterocycles. The molecule has 0 amide bonds. The third-order valence-electron chi connectivity index (χ3n) is 3.37. The molecule has 3 rings (SSSR count). The molecule has 0 unspecified atom stereocenters. The van der Waals surface area contributed by atoms with Crippen molar-refractivity contribution in [3.05, 3.63) is 70.2 Å². The summed E-state index contributed by atoms with van der Waals surface area (Å²) >= 11 is 39.7. The quantitative estimate of drug-likeness (QED) is 0.284. The molecule has 8 heteroatoms. The fraction of sp³-hybridized carbons (Fsp3) is 0. The van der Waals surface area contributed by atoms with Gasteiger partial charge in [-0.05, 0) is 52.9 Å². The monoisotopic (exact) mass is 561 g/mol. The second-order valence-corrected chi connectivity index (χ2v) is 8.79. The standard InChI is InChI=1S/C17H6Cl6IN/c18-7-1-11(20)15(12(21)2-7)10-5-9(24)6-25-17(10)16-13(22)3-8(19)4-14(16)23/h1-6H. The summed E-state index contributed by atoms with van der Waals surface area (Å²) in [5.74, 6) is 0. The highest BCUT2D eigenvalue weighted by Crippen LogP contribution is 2.45. The first kappa shape index (κ1) is 19.8. The first-order valence-corrected chi connectivity index (χ1v) is 10.1. The molecule has 0 spiro atoms. The smallest absolute Gasteiger partial charge is 0.0812 e. The SMILES string of the molecule is Clc1cc(Cl)c(-c2cc(I)cnc2-c2c(Cl)cc(Cl)cc2Cl)c(Cl)c1. The summed E-state index contributed by atoms with van der Waals surface area (Å²) in [6.07, 6.45) is 1.71. The summed E-state index contributed by atoms with van der Waals surface area (Å²) in [6.45, 7) is 0. The van der Waals surface area contributed by atoms with Gasteiger partial charge < -0.3 is 0 Å². The Morgan fingerprint density at radius 2 is 1.08 bits per heavy atom. The molecule has 128 valence electrons. The van der Waals surface area contributed by atoms with Crippen LogP contribution in [0.15, 0.2) is 36.5 Å². The van der Waals surface area contributed by atoms with Gasteiger partial charge in [0, 0.05) is 36.5 Å². The Morgan fingerprint density at radius 1 is 0.640 bits per heavy atom. The maximum Gasteiger partial charge on any atom is 0.0812 e. The summed E-state index contributed by atoms with van der Waals surface area (Å²) in [5, 5.41) is 2.46. The van der Waals surface area contributed by atoms with Crippen LogP contribution in [0.3, 0.4) is 0 Å². The van der Waals surface area contributed by atoms with E-state index in [9.17, 15) is 0 Å². The van der Waals surface area contributed by atoms with Crippen LogP contribution in [0.2, 0.25) is 30.1 Å². The molecule has 0 fully saturated rings. The maximum atomic E-state index is 6.40. The minimum atomic E-state index is 0.383.